The van der Waals surface area contributed by atoms with Crippen molar-refractivity contribution in [3.63, 3.8) is 0 Å². The Morgan fingerprint density at radius 3 is 2.58 bits per heavy atom. The van der Waals surface area contributed by atoms with Crippen LogP contribution in [-0.4, -0.2) is 25.0 Å². The zero-order valence-electron chi connectivity index (χ0n) is 15.9. The SMILES string of the molecule is O=C(Nc1ccc(F)c(NC(=O)c2cc3sccc3s2)c1)c1ccc2c(c1)OCCO2.[HH].[HH]. The van der Waals surface area contributed by atoms with Gasteiger partial charge in [0.1, 0.15) is 19.0 Å². The molecule has 6 nitrogen and oxygen atoms in total. The number of halogens is 1. The van der Waals surface area contributed by atoms with Crippen LogP contribution in [-0.2, 0) is 0 Å². The van der Waals surface area contributed by atoms with Gasteiger partial charge in [0.15, 0.2) is 11.5 Å². The van der Waals surface area contributed by atoms with Crippen LogP contribution >= 0.6 is 22.7 Å². The van der Waals surface area contributed by atoms with E-state index in [1.54, 1.807) is 35.6 Å². The van der Waals surface area contributed by atoms with Gasteiger partial charge in [-0.2, -0.15) is 0 Å². The standard InChI is InChI=1S/C22H15FN2O4S2.2H2/c23-14-3-2-13(24-21(26)12-1-4-16-17(9-12)29-7-6-28-16)10-15(14)25-22(27)20-11-19-18(31-20)5-8-30-19;;/h1-5,8-11H,6-7H2,(H,24,26)(H,25,27);2*1H. The molecule has 2 aromatic carbocycles. The van der Waals surface area contributed by atoms with Gasteiger partial charge in [0, 0.05) is 23.5 Å². The normalized spacial score (nSPS) is 12.5. The summed E-state index contributed by atoms with van der Waals surface area (Å²) in [5, 5.41) is 7.25. The quantitative estimate of drug-likeness (QED) is 0.401. The van der Waals surface area contributed by atoms with Crippen molar-refractivity contribution < 1.29 is 26.3 Å². The predicted molar refractivity (Wildman–Crippen MR) is 124 cm³/mol. The number of thiophene rings is 2. The maximum atomic E-state index is 14.3. The maximum Gasteiger partial charge on any atom is 0.265 e. The second-order valence-electron chi connectivity index (χ2n) is 6.72. The molecule has 0 radical (unpaired) electrons. The molecule has 1 aliphatic heterocycles. The van der Waals surface area contributed by atoms with Gasteiger partial charge >= 0.3 is 0 Å². The minimum atomic E-state index is -0.593. The monoisotopic (exact) mass is 458 g/mol. The number of fused-ring (bicyclic) bond motifs is 2. The van der Waals surface area contributed by atoms with Crippen molar-refractivity contribution in [3.05, 3.63) is 70.2 Å². The molecule has 5 rings (SSSR count). The summed E-state index contributed by atoms with van der Waals surface area (Å²) in [6.07, 6.45) is 0. The fourth-order valence-corrected chi connectivity index (χ4v) is 5.15. The number of anilines is 2. The van der Waals surface area contributed by atoms with Crippen LogP contribution in [0.3, 0.4) is 0 Å². The Hall–Kier alpha value is -3.43. The van der Waals surface area contributed by atoms with Crippen molar-refractivity contribution in [2.45, 2.75) is 0 Å². The summed E-state index contributed by atoms with van der Waals surface area (Å²) in [4.78, 5) is 25.7. The average Bonchev–Trinajstić information content (AvgIpc) is 3.38. The number of nitrogens with one attached hydrogen (secondary N) is 2. The van der Waals surface area contributed by atoms with E-state index < -0.39 is 11.7 Å². The van der Waals surface area contributed by atoms with Crippen LogP contribution in [0.4, 0.5) is 15.8 Å². The molecule has 4 aromatic rings. The van der Waals surface area contributed by atoms with E-state index in [-0.39, 0.29) is 14.4 Å². The summed E-state index contributed by atoms with van der Waals surface area (Å²) in [6, 6.07) is 12.6. The molecule has 0 spiro atoms. The lowest BCUT2D eigenvalue weighted by molar-refractivity contribution is 0.102. The van der Waals surface area contributed by atoms with Gasteiger partial charge in [-0.1, -0.05) is 0 Å². The number of carbonyl (C=O) groups excluding carboxylic acids is 2. The molecular weight excluding hydrogens is 439 g/mol. The number of benzene rings is 2. The summed E-state index contributed by atoms with van der Waals surface area (Å²) in [7, 11) is 0. The van der Waals surface area contributed by atoms with Gasteiger partial charge in [0.2, 0.25) is 0 Å². The predicted octanol–water partition coefficient (Wildman–Crippen LogP) is 5.87. The number of amides is 2. The lowest BCUT2D eigenvalue weighted by Crippen LogP contribution is -2.17. The van der Waals surface area contributed by atoms with E-state index in [4.69, 9.17) is 9.47 Å². The topological polar surface area (TPSA) is 76.7 Å². The fourth-order valence-electron chi connectivity index (χ4n) is 3.15. The first-order valence-electron chi connectivity index (χ1n) is 9.36. The molecule has 160 valence electrons. The largest absolute Gasteiger partial charge is 0.486 e. The summed E-state index contributed by atoms with van der Waals surface area (Å²) in [5.74, 6) is -0.296. The molecule has 0 saturated carbocycles. The molecule has 31 heavy (non-hydrogen) atoms. The van der Waals surface area contributed by atoms with Gasteiger partial charge in [-0.15, -0.1) is 22.7 Å². The second-order valence-corrected chi connectivity index (χ2v) is 8.75. The molecule has 2 amide bonds. The smallest absolute Gasteiger partial charge is 0.265 e. The second kappa shape index (κ2) is 8.01. The van der Waals surface area contributed by atoms with Crippen molar-refractivity contribution >= 4 is 55.3 Å². The van der Waals surface area contributed by atoms with Crippen LogP contribution in [0.2, 0.25) is 0 Å². The Kier molecular flexibility index (Phi) is 5.05. The fraction of sp³-hybridized carbons (Fsp3) is 0.0909. The first-order valence-corrected chi connectivity index (χ1v) is 11.1. The molecule has 0 aliphatic carbocycles. The van der Waals surface area contributed by atoms with E-state index in [2.05, 4.69) is 10.6 Å². The molecule has 9 heteroatoms. The van der Waals surface area contributed by atoms with Gasteiger partial charge in [-0.25, -0.2) is 4.39 Å². The number of carbonyl (C=O) groups is 2. The highest BCUT2D eigenvalue weighted by atomic mass is 32.1. The first-order chi connectivity index (χ1) is 15.1. The van der Waals surface area contributed by atoms with Gasteiger partial charge in [0.05, 0.1) is 10.6 Å². The van der Waals surface area contributed by atoms with Gasteiger partial charge in [-0.3, -0.25) is 9.59 Å². The minimum Gasteiger partial charge on any atom is -0.486 e. The highest BCUT2D eigenvalue weighted by molar-refractivity contribution is 7.27. The summed E-state index contributed by atoms with van der Waals surface area (Å²) >= 11 is 2.89. The Morgan fingerprint density at radius 1 is 0.903 bits per heavy atom. The lowest BCUT2D eigenvalue weighted by Gasteiger charge is -2.18. The van der Waals surface area contributed by atoms with E-state index in [9.17, 15) is 14.0 Å². The number of hydrogen-bond acceptors (Lipinski definition) is 6. The van der Waals surface area contributed by atoms with Gasteiger partial charge in [0.25, 0.3) is 11.8 Å². The van der Waals surface area contributed by atoms with E-state index in [0.29, 0.717) is 40.8 Å². The van der Waals surface area contributed by atoms with Crippen LogP contribution in [0.25, 0.3) is 9.40 Å². The third kappa shape index (κ3) is 3.97. The molecule has 0 bridgehead atoms. The van der Waals surface area contributed by atoms with Gasteiger partial charge in [-0.05, 0) is 53.9 Å². The molecule has 0 atom stereocenters. The zero-order chi connectivity index (χ0) is 21.4. The molecule has 0 fully saturated rings. The van der Waals surface area contributed by atoms with Crippen molar-refractivity contribution in [1.82, 2.24) is 0 Å². The van der Waals surface area contributed by atoms with Crippen molar-refractivity contribution in [2.75, 3.05) is 23.8 Å². The Bertz CT molecular complexity index is 1300. The molecule has 2 aromatic heterocycles. The minimum absolute atomic E-state index is 0. The molecular formula is C22H19FN2O4S2. The molecule has 0 unspecified atom stereocenters. The van der Waals surface area contributed by atoms with E-state index in [1.807, 2.05) is 11.4 Å². The number of ether oxygens (including phenoxy) is 2. The highest BCUT2D eigenvalue weighted by Gasteiger charge is 2.17. The van der Waals surface area contributed by atoms with Gasteiger partial charge < -0.3 is 20.1 Å². The van der Waals surface area contributed by atoms with Crippen LogP contribution in [0, 0.1) is 5.82 Å². The van der Waals surface area contributed by atoms with Crippen molar-refractivity contribution in [2.24, 2.45) is 0 Å². The van der Waals surface area contributed by atoms with Crippen LogP contribution in [0.15, 0.2) is 53.9 Å². The average molecular weight is 459 g/mol. The van der Waals surface area contributed by atoms with Crippen LogP contribution in [0.1, 0.15) is 22.9 Å². The van der Waals surface area contributed by atoms with Crippen molar-refractivity contribution in [3.8, 4) is 11.5 Å². The zero-order valence-corrected chi connectivity index (χ0v) is 17.6. The van der Waals surface area contributed by atoms with E-state index >= 15 is 0 Å². The summed E-state index contributed by atoms with van der Waals surface area (Å²) in [5.41, 5.74) is 0.711. The summed E-state index contributed by atoms with van der Waals surface area (Å²) < 4.78 is 27.3. The number of rotatable bonds is 4. The molecule has 3 heterocycles. The molecule has 0 saturated heterocycles. The van der Waals surface area contributed by atoms with E-state index in [1.165, 1.54) is 29.5 Å². The van der Waals surface area contributed by atoms with Crippen molar-refractivity contribution in [1.29, 1.82) is 0 Å². The van der Waals surface area contributed by atoms with Crippen LogP contribution in [0.5, 0.6) is 11.5 Å². The lowest BCUT2D eigenvalue weighted by atomic mass is 10.1. The van der Waals surface area contributed by atoms with Crippen LogP contribution < -0.4 is 20.1 Å². The van der Waals surface area contributed by atoms with E-state index in [0.717, 1.165) is 9.40 Å². The Balaban J connectivity index is 0.00000153. The maximum absolute atomic E-state index is 14.3. The third-order valence-electron chi connectivity index (χ3n) is 4.64. The highest BCUT2D eigenvalue weighted by Crippen LogP contribution is 2.32. The molecule has 1 aliphatic rings. The first kappa shape index (κ1) is 19.5. The number of hydrogen-bond donors (Lipinski definition) is 2. The Labute approximate surface area is 187 Å². The summed E-state index contributed by atoms with van der Waals surface area (Å²) in [6.45, 7) is 0.882. The Morgan fingerprint density at radius 2 is 1.74 bits per heavy atom. The third-order valence-corrected chi connectivity index (χ3v) is 6.73. The molecule has 2 N–H and O–H groups in total.